The molecule has 0 unspecified atom stereocenters. The molecular formula is C11H14FN3O2. The van der Waals surface area contributed by atoms with Gasteiger partial charge in [-0.25, -0.2) is 4.39 Å². The summed E-state index contributed by atoms with van der Waals surface area (Å²) in [5, 5.41) is 8.98. The van der Waals surface area contributed by atoms with Gasteiger partial charge in [0.1, 0.15) is 11.4 Å². The predicted octanol–water partition coefficient (Wildman–Crippen LogP) is 0.209. The first-order valence-corrected chi connectivity index (χ1v) is 5.34. The number of nitrogens with zero attached hydrogens (tertiary/aromatic N) is 2. The summed E-state index contributed by atoms with van der Waals surface area (Å²) in [4.78, 5) is 16.5. The van der Waals surface area contributed by atoms with Gasteiger partial charge in [0.05, 0.1) is 6.20 Å². The van der Waals surface area contributed by atoms with Crippen LogP contribution in [0.3, 0.4) is 0 Å². The van der Waals surface area contributed by atoms with Crippen LogP contribution in [0.25, 0.3) is 0 Å². The van der Waals surface area contributed by atoms with Gasteiger partial charge >= 0.3 is 5.97 Å². The lowest BCUT2D eigenvalue weighted by molar-refractivity contribution is -0.142. The van der Waals surface area contributed by atoms with Crippen LogP contribution in [0.1, 0.15) is 12.0 Å². The summed E-state index contributed by atoms with van der Waals surface area (Å²) < 4.78 is 13.4. The molecule has 1 aromatic rings. The minimum atomic E-state index is -1.20. The number of likely N-dealkylation sites (tertiary alicyclic amines) is 1. The summed E-state index contributed by atoms with van der Waals surface area (Å²) in [6.07, 6.45) is 3.05. The van der Waals surface area contributed by atoms with Gasteiger partial charge in [-0.15, -0.1) is 0 Å². The molecule has 0 saturated carbocycles. The average Bonchev–Trinajstić information content (AvgIpc) is 2.65. The van der Waals surface area contributed by atoms with Crippen LogP contribution in [-0.2, 0) is 11.3 Å². The Labute approximate surface area is 98.1 Å². The first kappa shape index (κ1) is 11.9. The van der Waals surface area contributed by atoms with Crippen molar-refractivity contribution < 1.29 is 14.3 Å². The molecule has 1 atom stereocenters. The van der Waals surface area contributed by atoms with E-state index in [1.807, 2.05) is 4.90 Å². The van der Waals surface area contributed by atoms with Crippen molar-refractivity contribution in [2.75, 3.05) is 13.1 Å². The number of aliphatic carboxylic acids is 1. The standard InChI is InChI=1S/C11H14FN3O2/c12-9-5-14-3-1-8(9)6-15-4-2-11(13,7-15)10(16)17/h1,3,5H,2,4,6-7,13H2,(H,16,17)/t11-/m0/s1. The van der Waals surface area contributed by atoms with E-state index in [-0.39, 0.29) is 12.4 Å². The summed E-state index contributed by atoms with van der Waals surface area (Å²) >= 11 is 0. The lowest BCUT2D eigenvalue weighted by Crippen LogP contribution is -2.50. The quantitative estimate of drug-likeness (QED) is 0.788. The first-order chi connectivity index (χ1) is 8.01. The fraction of sp³-hybridized carbons (Fsp3) is 0.455. The van der Waals surface area contributed by atoms with Gasteiger partial charge in [-0.1, -0.05) is 0 Å². The number of hydrogen-bond acceptors (Lipinski definition) is 4. The van der Waals surface area contributed by atoms with Crippen molar-refractivity contribution in [2.24, 2.45) is 5.73 Å². The number of hydrogen-bond donors (Lipinski definition) is 2. The number of carboxylic acid groups (broad SMARTS) is 1. The van der Waals surface area contributed by atoms with Crippen LogP contribution in [0, 0.1) is 5.82 Å². The predicted molar refractivity (Wildman–Crippen MR) is 58.6 cm³/mol. The molecule has 2 rings (SSSR count). The van der Waals surface area contributed by atoms with Crippen molar-refractivity contribution in [3.05, 3.63) is 29.8 Å². The van der Waals surface area contributed by atoms with Gasteiger partial charge in [-0.3, -0.25) is 14.7 Å². The Morgan fingerprint density at radius 1 is 1.71 bits per heavy atom. The van der Waals surface area contributed by atoms with Crippen molar-refractivity contribution in [3.8, 4) is 0 Å². The molecular weight excluding hydrogens is 225 g/mol. The third kappa shape index (κ3) is 2.42. The first-order valence-electron chi connectivity index (χ1n) is 5.34. The van der Waals surface area contributed by atoms with Crippen molar-refractivity contribution in [2.45, 2.75) is 18.5 Å². The van der Waals surface area contributed by atoms with Crippen molar-refractivity contribution >= 4 is 5.97 Å². The zero-order chi connectivity index (χ0) is 12.5. The Morgan fingerprint density at radius 2 is 2.47 bits per heavy atom. The van der Waals surface area contributed by atoms with E-state index in [9.17, 15) is 9.18 Å². The number of nitrogens with two attached hydrogens (primary N) is 1. The van der Waals surface area contributed by atoms with Gasteiger partial charge in [-0.2, -0.15) is 0 Å². The number of carboxylic acids is 1. The van der Waals surface area contributed by atoms with Crippen LogP contribution in [-0.4, -0.2) is 39.6 Å². The van der Waals surface area contributed by atoms with E-state index in [2.05, 4.69) is 4.98 Å². The van der Waals surface area contributed by atoms with Crippen LogP contribution in [0.2, 0.25) is 0 Å². The maximum absolute atomic E-state index is 13.4. The lowest BCUT2D eigenvalue weighted by Gasteiger charge is -2.20. The number of halogens is 1. The van der Waals surface area contributed by atoms with E-state index in [0.717, 1.165) is 6.20 Å². The summed E-state index contributed by atoms with van der Waals surface area (Å²) in [5.41, 5.74) is 5.04. The molecule has 5 nitrogen and oxygen atoms in total. The second-order valence-corrected chi connectivity index (χ2v) is 4.39. The maximum Gasteiger partial charge on any atom is 0.325 e. The number of carbonyl (C=O) groups is 1. The summed E-state index contributed by atoms with van der Waals surface area (Å²) in [7, 11) is 0. The summed E-state index contributed by atoms with van der Waals surface area (Å²) in [5.74, 6) is -1.38. The highest BCUT2D eigenvalue weighted by atomic mass is 19.1. The van der Waals surface area contributed by atoms with Crippen LogP contribution >= 0.6 is 0 Å². The molecule has 1 saturated heterocycles. The highest BCUT2D eigenvalue weighted by Gasteiger charge is 2.41. The van der Waals surface area contributed by atoms with E-state index in [4.69, 9.17) is 10.8 Å². The Morgan fingerprint density at radius 3 is 3.06 bits per heavy atom. The fourth-order valence-electron chi connectivity index (χ4n) is 2.00. The zero-order valence-corrected chi connectivity index (χ0v) is 9.27. The smallest absolute Gasteiger partial charge is 0.325 e. The van der Waals surface area contributed by atoms with E-state index in [0.29, 0.717) is 25.1 Å². The number of pyridine rings is 1. The zero-order valence-electron chi connectivity index (χ0n) is 9.27. The third-order valence-corrected chi connectivity index (χ3v) is 3.06. The monoisotopic (exact) mass is 239 g/mol. The van der Waals surface area contributed by atoms with E-state index >= 15 is 0 Å². The molecule has 1 aliphatic heterocycles. The van der Waals surface area contributed by atoms with Gasteiger partial charge < -0.3 is 10.8 Å². The summed E-state index contributed by atoms with van der Waals surface area (Å²) in [6, 6.07) is 1.59. The van der Waals surface area contributed by atoms with Crippen molar-refractivity contribution in [1.29, 1.82) is 0 Å². The third-order valence-electron chi connectivity index (χ3n) is 3.06. The van der Waals surface area contributed by atoms with Gasteiger partial charge in [0, 0.05) is 31.4 Å². The SMILES string of the molecule is N[C@@]1(C(=O)O)CCN(Cc2ccncc2F)C1. The number of rotatable bonds is 3. The van der Waals surface area contributed by atoms with E-state index in [1.54, 1.807) is 6.07 Å². The molecule has 1 aliphatic rings. The summed E-state index contributed by atoms with van der Waals surface area (Å²) in [6.45, 7) is 1.16. The average molecular weight is 239 g/mol. The molecule has 0 aliphatic carbocycles. The van der Waals surface area contributed by atoms with Gasteiger partial charge in [0.15, 0.2) is 0 Å². The Hall–Kier alpha value is -1.53. The minimum absolute atomic E-state index is 0.240. The van der Waals surface area contributed by atoms with Gasteiger partial charge in [-0.05, 0) is 12.5 Å². The Bertz CT molecular complexity index is 440. The topological polar surface area (TPSA) is 79.5 Å². The maximum atomic E-state index is 13.4. The molecule has 0 amide bonds. The minimum Gasteiger partial charge on any atom is -0.480 e. The molecule has 0 spiro atoms. The molecule has 0 aromatic carbocycles. The second-order valence-electron chi connectivity index (χ2n) is 4.39. The number of aromatic nitrogens is 1. The highest BCUT2D eigenvalue weighted by Crippen LogP contribution is 2.21. The molecule has 3 N–H and O–H groups in total. The highest BCUT2D eigenvalue weighted by molar-refractivity contribution is 5.79. The Balaban J connectivity index is 2.04. The molecule has 1 aromatic heterocycles. The molecule has 17 heavy (non-hydrogen) atoms. The van der Waals surface area contributed by atoms with E-state index in [1.165, 1.54) is 6.20 Å². The van der Waals surface area contributed by atoms with Crippen molar-refractivity contribution in [1.82, 2.24) is 9.88 Å². The fourth-order valence-corrected chi connectivity index (χ4v) is 2.00. The normalized spacial score (nSPS) is 25.1. The van der Waals surface area contributed by atoms with Crippen molar-refractivity contribution in [3.63, 3.8) is 0 Å². The van der Waals surface area contributed by atoms with Crippen LogP contribution in [0.15, 0.2) is 18.5 Å². The van der Waals surface area contributed by atoms with Gasteiger partial charge in [0.25, 0.3) is 0 Å². The molecule has 92 valence electrons. The largest absolute Gasteiger partial charge is 0.480 e. The molecule has 1 fully saturated rings. The Kier molecular flexibility index (Phi) is 3.08. The molecule has 6 heteroatoms. The molecule has 0 bridgehead atoms. The second kappa shape index (κ2) is 4.38. The van der Waals surface area contributed by atoms with Gasteiger partial charge in [0.2, 0.25) is 0 Å². The van der Waals surface area contributed by atoms with Crippen LogP contribution < -0.4 is 5.73 Å². The van der Waals surface area contributed by atoms with Crippen LogP contribution in [0.4, 0.5) is 4.39 Å². The van der Waals surface area contributed by atoms with Crippen LogP contribution in [0.5, 0.6) is 0 Å². The van der Waals surface area contributed by atoms with E-state index < -0.39 is 11.5 Å². The lowest BCUT2D eigenvalue weighted by atomic mass is 10.0. The molecule has 2 heterocycles. The molecule has 0 radical (unpaired) electrons.